The number of rotatable bonds is 6. The van der Waals surface area contributed by atoms with Gasteiger partial charge >= 0.3 is 0 Å². The van der Waals surface area contributed by atoms with Crippen LogP contribution in [0.1, 0.15) is 23.6 Å². The summed E-state index contributed by atoms with van der Waals surface area (Å²) in [6, 6.07) is 7.65. The fourth-order valence-corrected chi connectivity index (χ4v) is 3.03. The molecule has 1 heterocycles. The average molecular weight is 277 g/mol. The summed E-state index contributed by atoms with van der Waals surface area (Å²) in [7, 11) is 0. The Labute approximate surface area is 118 Å². The summed E-state index contributed by atoms with van der Waals surface area (Å²) in [6.45, 7) is 5.05. The largest absolute Gasteiger partial charge is 0.314 e. The van der Waals surface area contributed by atoms with E-state index in [4.69, 9.17) is 0 Å². The fraction of sp³-hybridized carbons (Fsp3) is 0.375. The summed E-state index contributed by atoms with van der Waals surface area (Å²) < 4.78 is 13.1. The molecule has 1 aromatic carbocycles. The Balaban J connectivity index is 2.07. The molecule has 1 aromatic heterocycles. The Bertz CT molecular complexity index is 507. The second-order valence-electron chi connectivity index (χ2n) is 4.87. The van der Waals surface area contributed by atoms with Crippen molar-refractivity contribution in [3.8, 4) is 0 Å². The molecule has 1 unspecified atom stereocenters. The first-order valence-electron chi connectivity index (χ1n) is 6.68. The van der Waals surface area contributed by atoms with Crippen LogP contribution in [-0.4, -0.2) is 12.6 Å². The lowest BCUT2D eigenvalue weighted by Crippen LogP contribution is -2.33. The molecule has 3 heteroatoms. The molecular formula is C16H20FNS. The minimum Gasteiger partial charge on any atom is -0.314 e. The molecule has 102 valence electrons. The SMILES string of the molecule is CCNC(Cc1ccsc1)Cc1ccc(F)cc1C. The maximum Gasteiger partial charge on any atom is 0.123 e. The zero-order chi connectivity index (χ0) is 13.7. The Hall–Kier alpha value is -1.19. The quantitative estimate of drug-likeness (QED) is 0.842. The molecule has 19 heavy (non-hydrogen) atoms. The van der Waals surface area contributed by atoms with Crippen LogP contribution < -0.4 is 5.32 Å². The first-order chi connectivity index (χ1) is 9.19. The predicted molar refractivity (Wildman–Crippen MR) is 80.3 cm³/mol. The smallest absolute Gasteiger partial charge is 0.123 e. The molecule has 0 bridgehead atoms. The van der Waals surface area contributed by atoms with Gasteiger partial charge in [0.25, 0.3) is 0 Å². The summed E-state index contributed by atoms with van der Waals surface area (Å²) >= 11 is 1.73. The number of hydrogen-bond acceptors (Lipinski definition) is 2. The molecule has 1 nitrogen and oxygen atoms in total. The van der Waals surface area contributed by atoms with E-state index in [9.17, 15) is 4.39 Å². The van der Waals surface area contributed by atoms with Crippen LogP contribution in [0.4, 0.5) is 4.39 Å². The lowest BCUT2D eigenvalue weighted by Gasteiger charge is -2.18. The van der Waals surface area contributed by atoms with E-state index in [1.54, 1.807) is 23.5 Å². The van der Waals surface area contributed by atoms with Crippen molar-refractivity contribution in [2.45, 2.75) is 32.7 Å². The monoisotopic (exact) mass is 277 g/mol. The van der Waals surface area contributed by atoms with Crippen LogP contribution in [0.5, 0.6) is 0 Å². The first-order valence-corrected chi connectivity index (χ1v) is 7.62. The molecule has 1 atom stereocenters. The summed E-state index contributed by atoms with van der Waals surface area (Å²) in [5.74, 6) is -0.154. The molecule has 2 aromatic rings. The topological polar surface area (TPSA) is 12.0 Å². The van der Waals surface area contributed by atoms with E-state index in [1.807, 2.05) is 13.0 Å². The van der Waals surface area contributed by atoms with Crippen molar-refractivity contribution in [2.75, 3.05) is 6.54 Å². The van der Waals surface area contributed by atoms with Gasteiger partial charge < -0.3 is 5.32 Å². The molecular weight excluding hydrogens is 257 g/mol. The maximum atomic E-state index is 13.1. The van der Waals surface area contributed by atoms with E-state index in [-0.39, 0.29) is 5.82 Å². The lowest BCUT2D eigenvalue weighted by molar-refractivity contribution is 0.520. The Morgan fingerprint density at radius 1 is 1.26 bits per heavy atom. The molecule has 0 spiro atoms. The highest BCUT2D eigenvalue weighted by atomic mass is 32.1. The van der Waals surface area contributed by atoms with Gasteiger partial charge in [-0.25, -0.2) is 4.39 Å². The highest BCUT2D eigenvalue weighted by molar-refractivity contribution is 7.07. The highest BCUT2D eigenvalue weighted by Gasteiger charge is 2.11. The van der Waals surface area contributed by atoms with Crippen molar-refractivity contribution in [3.63, 3.8) is 0 Å². The Morgan fingerprint density at radius 3 is 2.74 bits per heavy atom. The highest BCUT2D eigenvalue weighted by Crippen LogP contribution is 2.15. The van der Waals surface area contributed by atoms with Gasteiger partial charge in [0, 0.05) is 6.04 Å². The van der Waals surface area contributed by atoms with Gasteiger partial charge in [-0.3, -0.25) is 0 Å². The van der Waals surface area contributed by atoms with Crippen LogP contribution in [0, 0.1) is 12.7 Å². The maximum absolute atomic E-state index is 13.1. The number of hydrogen-bond donors (Lipinski definition) is 1. The molecule has 1 N–H and O–H groups in total. The van der Waals surface area contributed by atoms with Crippen molar-refractivity contribution in [3.05, 3.63) is 57.5 Å². The van der Waals surface area contributed by atoms with Gasteiger partial charge in [-0.1, -0.05) is 13.0 Å². The standard InChI is InChI=1S/C16H20FNS/c1-3-18-16(9-13-6-7-19-11-13)10-14-4-5-15(17)8-12(14)2/h4-8,11,16,18H,3,9-10H2,1-2H3. The number of likely N-dealkylation sites (N-methyl/N-ethyl adjacent to an activating group) is 1. The van der Waals surface area contributed by atoms with Gasteiger partial charge in [0.1, 0.15) is 5.82 Å². The normalized spacial score (nSPS) is 12.6. The van der Waals surface area contributed by atoms with E-state index in [0.717, 1.165) is 24.9 Å². The van der Waals surface area contributed by atoms with Gasteiger partial charge in [0.05, 0.1) is 0 Å². The zero-order valence-electron chi connectivity index (χ0n) is 11.4. The molecule has 0 saturated heterocycles. The van der Waals surface area contributed by atoms with Crippen molar-refractivity contribution >= 4 is 11.3 Å². The van der Waals surface area contributed by atoms with Crippen molar-refractivity contribution in [2.24, 2.45) is 0 Å². The zero-order valence-corrected chi connectivity index (χ0v) is 12.3. The predicted octanol–water partition coefficient (Wildman–Crippen LogP) is 3.96. The molecule has 0 saturated carbocycles. The summed E-state index contributed by atoms with van der Waals surface area (Å²) in [6.07, 6.45) is 1.96. The average Bonchev–Trinajstić information content (AvgIpc) is 2.86. The van der Waals surface area contributed by atoms with Gasteiger partial charge in [0.2, 0.25) is 0 Å². The summed E-state index contributed by atoms with van der Waals surface area (Å²) in [5.41, 5.74) is 3.63. The Morgan fingerprint density at radius 2 is 2.11 bits per heavy atom. The second-order valence-corrected chi connectivity index (χ2v) is 5.65. The number of benzene rings is 1. The Kier molecular flexibility index (Phi) is 5.11. The number of thiophene rings is 1. The number of nitrogens with one attached hydrogen (secondary N) is 1. The first kappa shape index (κ1) is 14.2. The van der Waals surface area contributed by atoms with E-state index >= 15 is 0 Å². The third-order valence-electron chi connectivity index (χ3n) is 3.33. The minimum atomic E-state index is -0.154. The van der Waals surface area contributed by atoms with Crippen LogP contribution in [0.3, 0.4) is 0 Å². The lowest BCUT2D eigenvalue weighted by atomic mass is 9.97. The summed E-state index contributed by atoms with van der Waals surface area (Å²) in [4.78, 5) is 0. The van der Waals surface area contributed by atoms with Gasteiger partial charge in [-0.2, -0.15) is 11.3 Å². The molecule has 0 aliphatic heterocycles. The molecule has 0 amide bonds. The van der Waals surface area contributed by atoms with Gasteiger partial charge in [-0.15, -0.1) is 0 Å². The molecule has 0 radical (unpaired) electrons. The minimum absolute atomic E-state index is 0.154. The third kappa shape index (κ3) is 4.15. The molecule has 0 fully saturated rings. The van der Waals surface area contributed by atoms with Crippen molar-refractivity contribution in [1.82, 2.24) is 5.32 Å². The van der Waals surface area contributed by atoms with Crippen molar-refractivity contribution in [1.29, 1.82) is 0 Å². The van der Waals surface area contributed by atoms with E-state index in [1.165, 1.54) is 11.1 Å². The van der Waals surface area contributed by atoms with Crippen LogP contribution >= 0.6 is 11.3 Å². The molecule has 2 rings (SSSR count). The second kappa shape index (κ2) is 6.83. The van der Waals surface area contributed by atoms with Crippen LogP contribution in [0.25, 0.3) is 0 Å². The van der Waals surface area contributed by atoms with Crippen LogP contribution in [0.2, 0.25) is 0 Å². The molecule has 0 aliphatic carbocycles. The number of halogens is 1. The van der Waals surface area contributed by atoms with Crippen LogP contribution in [0.15, 0.2) is 35.0 Å². The van der Waals surface area contributed by atoms with Crippen LogP contribution in [-0.2, 0) is 12.8 Å². The molecule has 0 aliphatic rings. The van der Waals surface area contributed by atoms with E-state index < -0.39 is 0 Å². The number of aryl methyl sites for hydroxylation is 1. The van der Waals surface area contributed by atoms with Gasteiger partial charge in [-0.05, 0) is 72.0 Å². The van der Waals surface area contributed by atoms with E-state index in [0.29, 0.717) is 6.04 Å². The third-order valence-corrected chi connectivity index (χ3v) is 4.06. The van der Waals surface area contributed by atoms with E-state index in [2.05, 4.69) is 29.1 Å². The summed E-state index contributed by atoms with van der Waals surface area (Å²) in [5, 5.41) is 7.83. The fourth-order valence-electron chi connectivity index (χ4n) is 2.35. The van der Waals surface area contributed by atoms with Gasteiger partial charge in [0.15, 0.2) is 0 Å². The van der Waals surface area contributed by atoms with Crippen molar-refractivity contribution < 1.29 is 4.39 Å².